The Morgan fingerprint density at radius 2 is 2.06 bits per heavy atom. The van der Waals surface area contributed by atoms with Gasteiger partial charge < -0.3 is 10.4 Å². The van der Waals surface area contributed by atoms with Crippen LogP contribution in [0.1, 0.15) is 25.7 Å². The summed E-state index contributed by atoms with van der Waals surface area (Å²) in [5, 5.41) is 12.3. The topological polar surface area (TPSA) is 49.3 Å². The van der Waals surface area contributed by atoms with Gasteiger partial charge in [-0.1, -0.05) is 11.6 Å². The fraction of sp³-hybridized carbons (Fsp3) is 0.214. The summed E-state index contributed by atoms with van der Waals surface area (Å²) in [4.78, 5) is 13.6. The molecule has 0 saturated heterocycles. The third kappa shape index (κ3) is 2.90. The monoisotopic (exact) mass is 261 g/mol. The van der Waals surface area contributed by atoms with Crippen LogP contribution in [0.2, 0.25) is 0 Å². The van der Waals surface area contributed by atoms with Gasteiger partial charge in [-0.25, -0.2) is 4.79 Å². The van der Waals surface area contributed by atoms with Crippen molar-refractivity contribution in [2.24, 2.45) is 0 Å². The zero-order valence-corrected chi connectivity index (χ0v) is 11.2. The normalized spacial score (nSPS) is 10.3. The quantitative estimate of drug-likeness (QED) is 0.882. The molecular formula is C14H15NO2S. The van der Waals surface area contributed by atoms with E-state index < -0.39 is 5.97 Å². The number of rotatable bonds is 4. The highest BCUT2D eigenvalue weighted by atomic mass is 32.1. The number of anilines is 1. The average molecular weight is 261 g/mol. The van der Waals surface area contributed by atoms with Crippen molar-refractivity contribution in [3.8, 4) is 0 Å². The molecule has 0 saturated carbocycles. The van der Waals surface area contributed by atoms with Gasteiger partial charge in [0, 0.05) is 22.0 Å². The number of nitrogens with one attached hydrogen (secondary N) is 1. The Labute approximate surface area is 110 Å². The predicted molar refractivity (Wildman–Crippen MR) is 74.5 cm³/mol. The highest BCUT2D eigenvalue weighted by Gasteiger charge is 2.10. The molecule has 2 rings (SSSR count). The number of carbonyl (C=O) groups is 1. The fourth-order valence-corrected chi connectivity index (χ4v) is 2.58. The number of aryl methyl sites for hydroxylation is 2. The molecule has 0 aliphatic rings. The van der Waals surface area contributed by atoms with Gasteiger partial charge in [0.05, 0.1) is 5.56 Å². The third-order valence-corrected chi connectivity index (χ3v) is 3.66. The average Bonchev–Trinajstić information content (AvgIpc) is 2.73. The summed E-state index contributed by atoms with van der Waals surface area (Å²) in [5.41, 5.74) is 1.94. The Kier molecular flexibility index (Phi) is 3.67. The molecule has 0 fully saturated rings. The molecule has 0 spiro atoms. The van der Waals surface area contributed by atoms with Gasteiger partial charge in [0.1, 0.15) is 0 Å². The van der Waals surface area contributed by atoms with Crippen LogP contribution in [0, 0.1) is 13.8 Å². The van der Waals surface area contributed by atoms with Crippen molar-refractivity contribution in [3.05, 3.63) is 51.2 Å². The van der Waals surface area contributed by atoms with Gasteiger partial charge in [-0.05, 0) is 38.1 Å². The Morgan fingerprint density at radius 3 is 2.67 bits per heavy atom. The van der Waals surface area contributed by atoms with E-state index in [0.29, 0.717) is 17.8 Å². The number of hydrogen-bond acceptors (Lipinski definition) is 3. The number of thiophene rings is 1. The minimum atomic E-state index is -0.899. The second kappa shape index (κ2) is 5.23. The van der Waals surface area contributed by atoms with Crippen molar-refractivity contribution in [1.82, 2.24) is 0 Å². The standard InChI is InChI=1S/C14H15NO2S/c1-9-3-6-13(12(7-9)14(16)17)15-8-11-5-4-10(2)18-11/h3-7,15H,8H2,1-2H3,(H,16,17). The lowest BCUT2D eigenvalue weighted by molar-refractivity contribution is 0.0698. The summed E-state index contributed by atoms with van der Waals surface area (Å²) in [5.74, 6) is -0.899. The largest absolute Gasteiger partial charge is 0.478 e. The molecule has 94 valence electrons. The minimum Gasteiger partial charge on any atom is -0.478 e. The molecule has 3 nitrogen and oxygen atoms in total. The number of carboxylic acids is 1. The summed E-state index contributed by atoms with van der Waals surface area (Å²) >= 11 is 1.71. The molecule has 1 aromatic heterocycles. The molecule has 0 bridgehead atoms. The highest BCUT2D eigenvalue weighted by Crippen LogP contribution is 2.20. The van der Waals surface area contributed by atoms with Gasteiger partial charge in [0.2, 0.25) is 0 Å². The Hall–Kier alpha value is -1.81. The van der Waals surface area contributed by atoms with Gasteiger partial charge in [-0.15, -0.1) is 11.3 Å². The van der Waals surface area contributed by atoms with E-state index in [1.54, 1.807) is 17.4 Å². The summed E-state index contributed by atoms with van der Waals surface area (Å²) in [6.07, 6.45) is 0. The van der Waals surface area contributed by atoms with Crippen molar-refractivity contribution in [3.63, 3.8) is 0 Å². The number of benzene rings is 1. The zero-order chi connectivity index (χ0) is 13.1. The number of aromatic carboxylic acids is 1. The van der Waals surface area contributed by atoms with E-state index in [1.807, 2.05) is 19.1 Å². The molecule has 4 heteroatoms. The van der Waals surface area contributed by atoms with E-state index in [4.69, 9.17) is 5.11 Å². The maximum atomic E-state index is 11.2. The van der Waals surface area contributed by atoms with Crippen molar-refractivity contribution in [1.29, 1.82) is 0 Å². The third-order valence-electron chi connectivity index (χ3n) is 2.65. The van der Waals surface area contributed by atoms with Crippen molar-refractivity contribution < 1.29 is 9.90 Å². The molecule has 0 atom stereocenters. The Bertz CT molecular complexity index is 575. The summed E-state index contributed by atoms with van der Waals surface area (Å²) in [6, 6.07) is 9.54. The minimum absolute atomic E-state index is 0.322. The van der Waals surface area contributed by atoms with E-state index in [-0.39, 0.29) is 0 Å². The number of carboxylic acid groups (broad SMARTS) is 1. The lowest BCUT2D eigenvalue weighted by atomic mass is 10.1. The zero-order valence-electron chi connectivity index (χ0n) is 10.4. The Balaban J connectivity index is 2.16. The molecule has 0 unspecified atom stereocenters. The molecule has 1 aromatic carbocycles. The maximum Gasteiger partial charge on any atom is 0.337 e. The second-order valence-electron chi connectivity index (χ2n) is 4.22. The first-order valence-electron chi connectivity index (χ1n) is 5.69. The maximum absolute atomic E-state index is 11.2. The van der Waals surface area contributed by atoms with Crippen LogP contribution in [0.25, 0.3) is 0 Å². The first-order valence-corrected chi connectivity index (χ1v) is 6.51. The lowest BCUT2D eigenvalue weighted by Crippen LogP contribution is -2.06. The van der Waals surface area contributed by atoms with Crippen LogP contribution in [0.15, 0.2) is 30.3 Å². The molecule has 0 aliphatic carbocycles. The van der Waals surface area contributed by atoms with Crippen LogP contribution >= 0.6 is 11.3 Å². The van der Waals surface area contributed by atoms with E-state index >= 15 is 0 Å². The summed E-state index contributed by atoms with van der Waals surface area (Å²) < 4.78 is 0. The molecule has 0 aliphatic heterocycles. The molecule has 2 aromatic rings. The van der Waals surface area contributed by atoms with Crippen molar-refractivity contribution >= 4 is 23.0 Å². The first kappa shape index (κ1) is 12.6. The molecule has 0 amide bonds. The SMILES string of the molecule is Cc1ccc(NCc2ccc(C)s2)c(C(=O)O)c1. The lowest BCUT2D eigenvalue weighted by Gasteiger charge is -2.09. The van der Waals surface area contributed by atoms with Gasteiger partial charge in [-0.3, -0.25) is 0 Å². The van der Waals surface area contributed by atoms with Crippen LogP contribution in [0.4, 0.5) is 5.69 Å². The molecule has 2 N–H and O–H groups in total. The Morgan fingerprint density at radius 1 is 1.28 bits per heavy atom. The van der Waals surface area contributed by atoms with Gasteiger partial charge in [0.15, 0.2) is 0 Å². The van der Waals surface area contributed by atoms with Crippen LogP contribution in [-0.4, -0.2) is 11.1 Å². The first-order chi connectivity index (χ1) is 8.56. The van der Waals surface area contributed by atoms with Crippen LogP contribution < -0.4 is 5.32 Å². The van der Waals surface area contributed by atoms with E-state index in [1.165, 1.54) is 9.75 Å². The van der Waals surface area contributed by atoms with Crippen LogP contribution in [0.3, 0.4) is 0 Å². The smallest absolute Gasteiger partial charge is 0.337 e. The van der Waals surface area contributed by atoms with Crippen molar-refractivity contribution in [2.75, 3.05) is 5.32 Å². The van der Waals surface area contributed by atoms with E-state index in [0.717, 1.165) is 5.56 Å². The molecule has 0 radical (unpaired) electrons. The predicted octanol–water partition coefficient (Wildman–Crippen LogP) is 3.68. The molecular weight excluding hydrogens is 246 g/mol. The highest BCUT2D eigenvalue weighted by molar-refractivity contribution is 7.11. The van der Waals surface area contributed by atoms with Gasteiger partial charge >= 0.3 is 5.97 Å². The summed E-state index contributed by atoms with van der Waals surface area (Å²) in [6.45, 7) is 4.60. The molecule has 18 heavy (non-hydrogen) atoms. The van der Waals surface area contributed by atoms with Gasteiger partial charge in [-0.2, -0.15) is 0 Å². The van der Waals surface area contributed by atoms with E-state index in [9.17, 15) is 4.79 Å². The van der Waals surface area contributed by atoms with E-state index in [2.05, 4.69) is 24.4 Å². The van der Waals surface area contributed by atoms with Crippen LogP contribution in [0.5, 0.6) is 0 Å². The fourth-order valence-electron chi connectivity index (χ4n) is 1.75. The van der Waals surface area contributed by atoms with Crippen LogP contribution in [-0.2, 0) is 6.54 Å². The summed E-state index contributed by atoms with van der Waals surface area (Å²) in [7, 11) is 0. The number of hydrogen-bond donors (Lipinski definition) is 2. The molecule has 1 heterocycles. The van der Waals surface area contributed by atoms with Gasteiger partial charge in [0.25, 0.3) is 0 Å². The van der Waals surface area contributed by atoms with Crippen molar-refractivity contribution in [2.45, 2.75) is 20.4 Å². The second-order valence-corrected chi connectivity index (χ2v) is 5.59.